The number of amides is 5. The molecule has 260 valence electrons. The molecule has 1 aliphatic heterocycles. The number of hydrogen-bond donors (Lipinski definition) is 4. The van der Waals surface area contributed by atoms with Gasteiger partial charge in [-0.05, 0) is 75.5 Å². The average molecular weight is 648 g/mol. The number of hydrogen-bond acceptors (Lipinski definition) is 7. The van der Waals surface area contributed by atoms with Crippen LogP contribution in [-0.4, -0.2) is 76.7 Å². The second kappa shape index (κ2) is 15.2. The number of ether oxygens (including phenoxy) is 1. The van der Waals surface area contributed by atoms with Crippen molar-refractivity contribution in [3.63, 3.8) is 0 Å². The lowest BCUT2D eigenvalue weighted by molar-refractivity contribution is -0.158. The number of esters is 1. The number of carbonyl (C=O) groups excluding carboxylic acids is 6. The molecular formula is C34H57N5O7. The van der Waals surface area contributed by atoms with Gasteiger partial charge in [0.2, 0.25) is 17.6 Å². The molecule has 0 bridgehead atoms. The number of rotatable bonds is 12. The zero-order valence-corrected chi connectivity index (χ0v) is 29.1. The molecule has 46 heavy (non-hydrogen) atoms. The van der Waals surface area contributed by atoms with E-state index >= 15 is 0 Å². The van der Waals surface area contributed by atoms with Gasteiger partial charge in [0.15, 0.2) is 0 Å². The Morgan fingerprint density at radius 1 is 0.848 bits per heavy atom. The second-order valence-corrected chi connectivity index (χ2v) is 16.0. The molecule has 12 heteroatoms. The topological polar surface area (TPSA) is 177 Å². The molecule has 3 rings (SSSR count). The van der Waals surface area contributed by atoms with Crippen molar-refractivity contribution in [3.05, 3.63) is 0 Å². The lowest BCUT2D eigenvalue weighted by Gasteiger charge is -2.37. The molecule has 0 spiro atoms. The minimum Gasteiger partial charge on any atom is -0.458 e. The van der Waals surface area contributed by atoms with Crippen LogP contribution in [0.15, 0.2) is 0 Å². The van der Waals surface area contributed by atoms with Crippen LogP contribution >= 0.6 is 0 Å². The number of Topliss-reactive ketones (excluding diaryl/α,β-unsaturated/α-hetero) is 1. The van der Waals surface area contributed by atoms with Crippen LogP contribution in [0, 0.1) is 29.1 Å². The molecule has 0 aromatic carbocycles. The number of carbonyl (C=O) groups is 6. The fraction of sp³-hybridized carbons (Fsp3) is 0.824. The molecule has 0 aromatic rings. The largest absolute Gasteiger partial charge is 0.458 e. The van der Waals surface area contributed by atoms with E-state index in [9.17, 15) is 28.8 Å². The van der Waals surface area contributed by atoms with E-state index in [0.29, 0.717) is 12.8 Å². The Bertz CT molecular complexity index is 1150. The van der Waals surface area contributed by atoms with Crippen molar-refractivity contribution < 1.29 is 33.5 Å². The first-order valence-electron chi connectivity index (χ1n) is 17.0. The van der Waals surface area contributed by atoms with Crippen molar-refractivity contribution in [2.75, 3.05) is 6.54 Å². The van der Waals surface area contributed by atoms with Crippen LogP contribution in [0.3, 0.4) is 0 Å². The maximum atomic E-state index is 14.3. The summed E-state index contributed by atoms with van der Waals surface area (Å²) < 4.78 is 5.63. The summed E-state index contributed by atoms with van der Waals surface area (Å²) in [6.45, 7) is 15.0. The molecule has 3 aliphatic rings. The summed E-state index contributed by atoms with van der Waals surface area (Å²) in [5.74, 6) is -3.41. The summed E-state index contributed by atoms with van der Waals surface area (Å²) >= 11 is 0. The Kier molecular flexibility index (Phi) is 12.3. The summed E-state index contributed by atoms with van der Waals surface area (Å²) in [6, 6.07) is -4.51. The van der Waals surface area contributed by atoms with Gasteiger partial charge in [0.05, 0.1) is 6.04 Å². The third kappa shape index (κ3) is 9.67. The summed E-state index contributed by atoms with van der Waals surface area (Å²) in [6.07, 6.45) is 7.23. The van der Waals surface area contributed by atoms with Crippen molar-refractivity contribution >= 4 is 35.5 Å². The van der Waals surface area contributed by atoms with Crippen LogP contribution in [0.1, 0.15) is 113 Å². The number of primary amides is 1. The van der Waals surface area contributed by atoms with Gasteiger partial charge in [-0.15, -0.1) is 0 Å². The van der Waals surface area contributed by atoms with Crippen molar-refractivity contribution in [2.24, 2.45) is 34.8 Å². The molecule has 5 atom stereocenters. The van der Waals surface area contributed by atoms with Crippen LogP contribution in [0.2, 0.25) is 0 Å². The van der Waals surface area contributed by atoms with Gasteiger partial charge in [-0.25, -0.2) is 9.59 Å². The van der Waals surface area contributed by atoms with E-state index in [-0.39, 0.29) is 30.2 Å². The SMILES string of the molecule is CC(C)C1CCN(C(=O)[C@@H](NC(=O)N[C@H](C(=O)OC(C)(C)C)C2CCCC2)C(C)(C)C)[C@@H]1C(=O)NC(CC1CCC1)C(=O)C(N)=O. The molecule has 2 saturated carbocycles. The lowest BCUT2D eigenvalue weighted by atomic mass is 9.80. The first-order valence-corrected chi connectivity index (χ1v) is 17.0. The number of nitrogens with two attached hydrogens (primary N) is 1. The maximum absolute atomic E-state index is 14.3. The summed E-state index contributed by atoms with van der Waals surface area (Å²) in [7, 11) is 0. The first-order chi connectivity index (χ1) is 21.3. The molecule has 5 amide bonds. The smallest absolute Gasteiger partial charge is 0.329 e. The van der Waals surface area contributed by atoms with E-state index in [1.807, 2.05) is 34.6 Å². The zero-order chi connectivity index (χ0) is 34.6. The normalized spacial score (nSPS) is 22.8. The molecule has 1 saturated heterocycles. The molecule has 0 aromatic heterocycles. The first kappa shape index (κ1) is 37.3. The number of ketones is 1. The number of nitrogens with zero attached hydrogens (tertiary/aromatic N) is 1. The highest BCUT2D eigenvalue weighted by Crippen LogP contribution is 2.35. The van der Waals surface area contributed by atoms with Crippen LogP contribution < -0.4 is 21.7 Å². The van der Waals surface area contributed by atoms with Gasteiger partial charge in [-0.1, -0.05) is 66.7 Å². The number of nitrogens with one attached hydrogen (secondary N) is 3. The summed E-state index contributed by atoms with van der Waals surface area (Å²) in [4.78, 5) is 80.9. The van der Waals surface area contributed by atoms with Gasteiger partial charge < -0.3 is 31.3 Å². The second-order valence-electron chi connectivity index (χ2n) is 16.0. The Labute approximate surface area is 274 Å². The quantitative estimate of drug-likeness (QED) is 0.186. The van der Waals surface area contributed by atoms with E-state index in [2.05, 4.69) is 16.0 Å². The monoisotopic (exact) mass is 647 g/mol. The average Bonchev–Trinajstić information content (AvgIpc) is 3.59. The van der Waals surface area contributed by atoms with Crippen molar-refractivity contribution in [1.29, 1.82) is 0 Å². The van der Waals surface area contributed by atoms with E-state index in [1.54, 1.807) is 20.8 Å². The van der Waals surface area contributed by atoms with E-state index in [4.69, 9.17) is 10.5 Å². The van der Waals surface area contributed by atoms with Gasteiger partial charge in [0.25, 0.3) is 5.91 Å². The fourth-order valence-corrected chi connectivity index (χ4v) is 6.97. The molecule has 12 nitrogen and oxygen atoms in total. The molecule has 1 heterocycles. The predicted molar refractivity (Wildman–Crippen MR) is 173 cm³/mol. The maximum Gasteiger partial charge on any atom is 0.329 e. The Morgan fingerprint density at radius 2 is 1.46 bits per heavy atom. The molecule has 3 fully saturated rings. The van der Waals surface area contributed by atoms with Gasteiger partial charge in [-0.2, -0.15) is 0 Å². The number of urea groups is 1. The highest BCUT2D eigenvalue weighted by molar-refractivity contribution is 6.37. The Morgan fingerprint density at radius 3 is 1.93 bits per heavy atom. The van der Waals surface area contributed by atoms with Gasteiger partial charge in [0, 0.05) is 6.54 Å². The molecule has 2 aliphatic carbocycles. The molecular weight excluding hydrogens is 590 g/mol. The Hall–Kier alpha value is -3.18. The van der Waals surface area contributed by atoms with Gasteiger partial charge in [-0.3, -0.25) is 19.2 Å². The van der Waals surface area contributed by atoms with E-state index in [1.165, 1.54) is 4.90 Å². The predicted octanol–water partition coefficient (Wildman–Crippen LogP) is 3.20. The van der Waals surface area contributed by atoms with Crippen LogP contribution in [0.4, 0.5) is 4.79 Å². The summed E-state index contributed by atoms with van der Waals surface area (Å²) in [5, 5.41) is 8.42. The third-order valence-corrected chi connectivity index (χ3v) is 9.73. The standard InChI is InChI=1S/C34H57N5O7/c1-19(2)22-16-17-39(25(22)29(42)36-23(26(40)28(35)41)18-20-12-11-13-20)30(43)27(33(3,4)5)38-32(45)37-24(21-14-9-10-15-21)31(44)46-34(6,7)8/h19-25,27H,9-18H2,1-8H3,(H2,35,41)(H,36,42)(H2,37,38,45)/t22?,23?,24-,25-,27+/m0/s1. The Balaban J connectivity index is 1.83. The zero-order valence-electron chi connectivity index (χ0n) is 29.1. The van der Waals surface area contributed by atoms with Crippen molar-refractivity contribution in [2.45, 2.75) is 143 Å². The van der Waals surface area contributed by atoms with Crippen molar-refractivity contribution in [1.82, 2.24) is 20.9 Å². The van der Waals surface area contributed by atoms with Crippen LogP contribution in [0.25, 0.3) is 0 Å². The molecule has 0 radical (unpaired) electrons. The third-order valence-electron chi connectivity index (χ3n) is 9.73. The van der Waals surface area contributed by atoms with Gasteiger partial charge >= 0.3 is 12.0 Å². The highest BCUT2D eigenvalue weighted by Gasteiger charge is 2.48. The van der Waals surface area contributed by atoms with Crippen LogP contribution in [0.5, 0.6) is 0 Å². The number of likely N-dealkylation sites (tertiary alicyclic amines) is 1. The lowest BCUT2D eigenvalue weighted by Crippen LogP contribution is -2.62. The minimum absolute atomic E-state index is 0.0378. The van der Waals surface area contributed by atoms with Crippen LogP contribution in [-0.2, 0) is 28.7 Å². The fourth-order valence-electron chi connectivity index (χ4n) is 6.97. The minimum atomic E-state index is -1.10. The van der Waals surface area contributed by atoms with Crippen molar-refractivity contribution in [3.8, 4) is 0 Å². The summed E-state index contributed by atoms with van der Waals surface area (Å²) in [5.41, 5.74) is 3.85. The van der Waals surface area contributed by atoms with Gasteiger partial charge in [0.1, 0.15) is 23.7 Å². The van der Waals surface area contributed by atoms with E-state index < -0.39 is 70.7 Å². The van der Waals surface area contributed by atoms with E-state index in [0.717, 1.165) is 44.9 Å². The highest BCUT2D eigenvalue weighted by atomic mass is 16.6. The molecule has 5 N–H and O–H groups in total. The molecule has 2 unspecified atom stereocenters.